The van der Waals surface area contributed by atoms with Crippen molar-refractivity contribution in [3.8, 4) is 0 Å². The van der Waals surface area contributed by atoms with Gasteiger partial charge >= 0.3 is 5.97 Å². The summed E-state index contributed by atoms with van der Waals surface area (Å²) in [5.74, 6) is -0.770. The molecule has 1 N–H and O–H groups in total. The Morgan fingerprint density at radius 2 is 2.16 bits per heavy atom. The van der Waals surface area contributed by atoms with Crippen molar-refractivity contribution in [2.45, 2.75) is 43.3 Å². The number of fused-ring (bicyclic) bond motifs is 1. The summed E-state index contributed by atoms with van der Waals surface area (Å²) in [5.41, 5.74) is 2.36. The SMILES string of the molecule is CC1CN(CC(=O)O)c2c(cccc2C(C)(C)C)S1. The summed E-state index contributed by atoms with van der Waals surface area (Å²) in [4.78, 5) is 14.3. The van der Waals surface area contributed by atoms with Crippen LogP contribution in [0.4, 0.5) is 5.69 Å². The number of anilines is 1. The van der Waals surface area contributed by atoms with Gasteiger partial charge in [0.15, 0.2) is 0 Å². The van der Waals surface area contributed by atoms with Gasteiger partial charge in [0.2, 0.25) is 0 Å². The third-order valence-electron chi connectivity index (χ3n) is 3.26. The number of benzene rings is 1. The van der Waals surface area contributed by atoms with Crippen LogP contribution in [0.5, 0.6) is 0 Å². The number of nitrogens with zero attached hydrogens (tertiary/aromatic N) is 1. The molecule has 0 radical (unpaired) electrons. The van der Waals surface area contributed by atoms with Gasteiger partial charge in [0.05, 0.1) is 5.69 Å². The second kappa shape index (κ2) is 5.08. The van der Waals surface area contributed by atoms with E-state index in [4.69, 9.17) is 5.11 Å². The summed E-state index contributed by atoms with van der Waals surface area (Å²) in [7, 11) is 0. The molecule has 0 fully saturated rings. The van der Waals surface area contributed by atoms with Crippen LogP contribution in [0.25, 0.3) is 0 Å². The molecule has 0 bridgehead atoms. The standard InChI is InChI=1S/C15H21NO2S/c1-10-8-16(9-13(17)18)14-11(15(2,3)4)6-5-7-12(14)19-10/h5-7,10H,8-9H2,1-4H3,(H,17,18). The molecule has 0 aliphatic carbocycles. The van der Waals surface area contributed by atoms with E-state index in [0.29, 0.717) is 5.25 Å². The van der Waals surface area contributed by atoms with Gasteiger partial charge in [-0.1, -0.05) is 39.8 Å². The van der Waals surface area contributed by atoms with Crippen molar-refractivity contribution in [1.82, 2.24) is 0 Å². The monoisotopic (exact) mass is 279 g/mol. The number of hydrogen-bond donors (Lipinski definition) is 1. The van der Waals surface area contributed by atoms with Crippen molar-refractivity contribution < 1.29 is 9.90 Å². The predicted octanol–water partition coefficient (Wildman–Crippen LogP) is 3.37. The zero-order valence-corrected chi connectivity index (χ0v) is 12.8. The molecule has 0 saturated heterocycles. The highest BCUT2D eigenvalue weighted by atomic mass is 32.2. The molecule has 1 unspecified atom stereocenters. The Balaban J connectivity index is 2.52. The van der Waals surface area contributed by atoms with E-state index in [0.717, 1.165) is 12.2 Å². The van der Waals surface area contributed by atoms with Crippen LogP contribution >= 0.6 is 11.8 Å². The van der Waals surface area contributed by atoms with Gasteiger partial charge < -0.3 is 10.0 Å². The fourth-order valence-electron chi connectivity index (χ4n) is 2.51. The van der Waals surface area contributed by atoms with Crippen molar-refractivity contribution in [2.75, 3.05) is 18.0 Å². The molecular weight excluding hydrogens is 258 g/mol. The molecule has 1 aromatic rings. The van der Waals surface area contributed by atoms with Gasteiger partial charge in [-0.05, 0) is 17.0 Å². The van der Waals surface area contributed by atoms with Crippen molar-refractivity contribution in [1.29, 1.82) is 0 Å². The first kappa shape index (κ1) is 14.3. The second-order valence-corrected chi connectivity index (χ2v) is 7.59. The molecular formula is C15H21NO2S. The van der Waals surface area contributed by atoms with Gasteiger partial charge in [-0.25, -0.2) is 0 Å². The van der Waals surface area contributed by atoms with Crippen molar-refractivity contribution in [2.24, 2.45) is 0 Å². The Kier molecular flexibility index (Phi) is 3.81. The summed E-state index contributed by atoms with van der Waals surface area (Å²) >= 11 is 1.84. The zero-order valence-electron chi connectivity index (χ0n) is 11.9. The van der Waals surface area contributed by atoms with Crippen LogP contribution in [0.2, 0.25) is 0 Å². The first-order chi connectivity index (χ1) is 8.79. The van der Waals surface area contributed by atoms with Gasteiger partial charge in [-0.15, -0.1) is 11.8 Å². The van der Waals surface area contributed by atoms with Crippen molar-refractivity contribution in [3.63, 3.8) is 0 Å². The van der Waals surface area contributed by atoms with Crippen LogP contribution < -0.4 is 4.90 Å². The summed E-state index contributed by atoms with van der Waals surface area (Å²) in [6.07, 6.45) is 0. The molecule has 19 heavy (non-hydrogen) atoms. The molecule has 0 saturated carbocycles. The highest BCUT2D eigenvalue weighted by Crippen LogP contribution is 2.44. The molecule has 0 amide bonds. The first-order valence-electron chi connectivity index (χ1n) is 6.56. The van der Waals surface area contributed by atoms with Crippen molar-refractivity contribution >= 4 is 23.4 Å². The lowest BCUT2D eigenvalue weighted by Crippen LogP contribution is -2.39. The molecule has 1 aromatic carbocycles. The van der Waals surface area contributed by atoms with E-state index in [-0.39, 0.29) is 12.0 Å². The highest BCUT2D eigenvalue weighted by Gasteiger charge is 2.29. The van der Waals surface area contributed by atoms with Crippen LogP contribution in [-0.4, -0.2) is 29.4 Å². The Hall–Kier alpha value is -1.16. The van der Waals surface area contributed by atoms with Gasteiger partial charge in [-0.3, -0.25) is 4.79 Å². The number of thioether (sulfide) groups is 1. The third kappa shape index (κ3) is 3.06. The summed E-state index contributed by atoms with van der Waals surface area (Å²) < 4.78 is 0. The van der Waals surface area contributed by atoms with Gasteiger partial charge in [0, 0.05) is 16.7 Å². The van der Waals surface area contributed by atoms with E-state index in [1.165, 1.54) is 10.5 Å². The number of hydrogen-bond acceptors (Lipinski definition) is 3. The Labute approximate surface area is 119 Å². The molecule has 1 heterocycles. The fraction of sp³-hybridized carbons (Fsp3) is 0.533. The van der Waals surface area contributed by atoms with E-state index in [1.807, 2.05) is 16.7 Å². The number of rotatable bonds is 2. The van der Waals surface area contributed by atoms with Crippen LogP contribution in [0.3, 0.4) is 0 Å². The summed E-state index contributed by atoms with van der Waals surface area (Å²) in [6, 6.07) is 6.29. The molecule has 1 aliphatic heterocycles. The average Bonchev–Trinajstić information content (AvgIpc) is 2.25. The number of aliphatic carboxylic acids is 1. The lowest BCUT2D eigenvalue weighted by molar-refractivity contribution is -0.135. The maximum atomic E-state index is 11.1. The number of carboxylic acid groups (broad SMARTS) is 1. The molecule has 1 atom stereocenters. The lowest BCUT2D eigenvalue weighted by atomic mass is 9.85. The predicted molar refractivity (Wildman–Crippen MR) is 80.3 cm³/mol. The maximum Gasteiger partial charge on any atom is 0.323 e. The second-order valence-electron chi connectivity index (χ2n) is 6.11. The Morgan fingerprint density at radius 3 is 2.74 bits per heavy atom. The third-order valence-corrected chi connectivity index (χ3v) is 4.39. The van der Waals surface area contributed by atoms with E-state index in [1.54, 1.807) is 0 Å². The van der Waals surface area contributed by atoms with E-state index in [2.05, 4.69) is 45.9 Å². The number of para-hydroxylation sites is 1. The van der Waals surface area contributed by atoms with E-state index in [9.17, 15) is 4.79 Å². The van der Waals surface area contributed by atoms with Crippen LogP contribution in [0.15, 0.2) is 23.1 Å². The van der Waals surface area contributed by atoms with Crippen LogP contribution in [-0.2, 0) is 10.2 Å². The van der Waals surface area contributed by atoms with Crippen LogP contribution in [0, 0.1) is 0 Å². The summed E-state index contributed by atoms with van der Waals surface area (Å²) in [5, 5.41) is 9.54. The van der Waals surface area contributed by atoms with Gasteiger partial charge in [0.1, 0.15) is 6.54 Å². The Morgan fingerprint density at radius 1 is 1.47 bits per heavy atom. The average molecular weight is 279 g/mol. The first-order valence-corrected chi connectivity index (χ1v) is 7.44. The maximum absolute atomic E-state index is 11.1. The molecule has 4 heteroatoms. The zero-order chi connectivity index (χ0) is 14.2. The molecule has 3 nitrogen and oxygen atoms in total. The lowest BCUT2D eigenvalue weighted by Gasteiger charge is -2.37. The van der Waals surface area contributed by atoms with Gasteiger partial charge in [-0.2, -0.15) is 0 Å². The largest absolute Gasteiger partial charge is 0.480 e. The van der Waals surface area contributed by atoms with E-state index >= 15 is 0 Å². The minimum atomic E-state index is -0.770. The molecule has 2 rings (SSSR count). The number of carboxylic acids is 1. The molecule has 104 valence electrons. The molecule has 0 aromatic heterocycles. The van der Waals surface area contributed by atoms with E-state index < -0.39 is 5.97 Å². The quantitative estimate of drug-likeness (QED) is 0.901. The van der Waals surface area contributed by atoms with Crippen LogP contribution in [0.1, 0.15) is 33.3 Å². The molecule has 1 aliphatic rings. The molecule has 0 spiro atoms. The minimum Gasteiger partial charge on any atom is -0.480 e. The summed E-state index contributed by atoms with van der Waals surface area (Å²) in [6.45, 7) is 9.52. The highest BCUT2D eigenvalue weighted by molar-refractivity contribution is 8.00. The van der Waals surface area contributed by atoms with Crippen molar-refractivity contribution in [3.05, 3.63) is 23.8 Å². The smallest absolute Gasteiger partial charge is 0.323 e. The topological polar surface area (TPSA) is 40.5 Å². The number of carbonyl (C=O) groups is 1. The van der Waals surface area contributed by atoms with Gasteiger partial charge in [0.25, 0.3) is 0 Å². The normalized spacial score (nSPS) is 19.2. The fourth-order valence-corrected chi connectivity index (χ4v) is 3.71. The Bertz CT molecular complexity index is 493. The minimum absolute atomic E-state index is 0.0171.